The summed E-state index contributed by atoms with van der Waals surface area (Å²) in [6, 6.07) is 12.7. The van der Waals surface area contributed by atoms with Gasteiger partial charge in [0.1, 0.15) is 5.75 Å². The van der Waals surface area contributed by atoms with Crippen molar-refractivity contribution in [2.45, 2.75) is 28.2 Å². The summed E-state index contributed by atoms with van der Waals surface area (Å²) >= 11 is 0. The molecule has 22 heavy (non-hydrogen) atoms. The average Bonchev–Trinajstić information content (AvgIpc) is 2.48. The van der Waals surface area contributed by atoms with Crippen molar-refractivity contribution in [2.75, 3.05) is 18.0 Å². The Morgan fingerprint density at radius 3 is 2.23 bits per heavy atom. The predicted octanol–water partition coefficient (Wildman–Crippen LogP) is 4.41. The Hall–Kier alpha value is -2.29. The first-order valence-corrected chi connectivity index (χ1v) is 7.26. The maximum atomic E-state index is 12.5. The number of carbonyl (C=O) groups is 1. The standard InChI is InChI=1S/C18H21NO2.CH4/c1-4-19(5-2)14-10-11-16(17(20)12-14)18(21)15-9-7-6-8-13(15)3;/h6-12,20H,4-5H2,1-3H3;1H4. The van der Waals surface area contributed by atoms with Crippen LogP contribution in [-0.4, -0.2) is 24.0 Å². The van der Waals surface area contributed by atoms with Crippen LogP contribution in [0.25, 0.3) is 0 Å². The van der Waals surface area contributed by atoms with E-state index in [9.17, 15) is 9.90 Å². The topological polar surface area (TPSA) is 40.5 Å². The first-order valence-electron chi connectivity index (χ1n) is 7.26. The van der Waals surface area contributed by atoms with Gasteiger partial charge in [-0.25, -0.2) is 0 Å². The molecule has 3 nitrogen and oxygen atoms in total. The molecule has 2 aromatic carbocycles. The van der Waals surface area contributed by atoms with Crippen LogP contribution in [0.2, 0.25) is 0 Å². The van der Waals surface area contributed by atoms with E-state index < -0.39 is 0 Å². The number of phenolic OH excluding ortho intramolecular Hbond substituents is 1. The van der Waals surface area contributed by atoms with Crippen molar-refractivity contribution in [2.24, 2.45) is 0 Å². The van der Waals surface area contributed by atoms with Crippen molar-refractivity contribution >= 4 is 11.5 Å². The monoisotopic (exact) mass is 299 g/mol. The molecule has 0 bridgehead atoms. The van der Waals surface area contributed by atoms with E-state index in [4.69, 9.17) is 0 Å². The Kier molecular flexibility index (Phi) is 6.17. The maximum Gasteiger partial charge on any atom is 0.197 e. The molecule has 0 heterocycles. The van der Waals surface area contributed by atoms with Crippen LogP contribution in [0.3, 0.4) is 0 Å². The molecule has 118 valence electrons. The highest BCUT2D eigenvalue weighted by Crippen LogP contribution is 2.27. The summed E-state index contributed by atoms with van der Waals surface area (Å²) in [4.78, 5) is 14.7. The van der Waals surface area contributed by atoms with Crippen LogP contribution in [0, 0.1) is 6.92 Å². The first kappa shape index (κ1) is 17.8. The van der Waals surface area contributed by atoms with Crippen molar-refractivity contribution in [3.05, 3.63) is 59.2 Å². The molecular weight excluding hydrogens is 274 g/mol. The molecule has 0 saturated heterocycles. The Bertz CT molecular complexity index is 646. The fraction of sp³-hybridized carbons (Fsp3) is 0.316. The third-order valence-corrected chi connectivity index (χ3v) is 3.74. The Morgan fingerprint density at radius 2 is 1.68 bits per heavy atom. The SMILES string of the molecule is C.CCN(CC)c1ccc(C(=O)c2ccccc2C)c(O)c1. The van der Waals surface area contributed by atoms with E-state index in [1.54, 1.807) is 18.2 Å². The van der Waals surface area contributed by atoms with Gasteiger partial charge in [0.2, 0.25) is 0 Å². The number of aryl methyl sites for hydroxylation is 1. The molecule has 0 spiro atoms. The minimum absolute atomic E-state index is 0. The van der Waals surface area contributed by atoms with Crippen LogP contribution in [0.5, 0.6) is 5.75 Å². The molecule has 0 radical (unpaired) electrons. The third-order valence-electron chi connectivity index (χ3n) is 3.74. The highest BCUT2D eigenvalue weighted by Gasteiger charge is 2.16. The second-order valence-electron chi connectivity index (χ2n) is 5.02. The van der Waals surface area contributed by atoms with E-state index in [2.05, 4.69) is 18.7 Å². The molecule has 0 aliphatic heterocycles. The predicted molar refractivity (Wildman–Crippen MR) is 93.0 cm³/mol. The van der Waals surface area contributed by atoms with Gasteiger partial charge < -0.3 is 10.0 Å². The molecule has 0 aliphatic rings. The Morgan fingerprint density at radius 1 is 1.05 bits per heavy atom. The van der Waals surface area contributed by atoms with E-state index in [1.165, 1.54) is 0 Å². The zero-order valence-corrected chi connectivity index (χ0v) is 12.8. The minimum atomic E-state index is -0.142. The average molecular weight is 299 g/mol. The number of aromatic hydroxyl groups is 1. The largest absolute Gasteiger partial charge is 0.507 e. The minimum Gasteiger partial charge on any atom is -0.507 e. The highest BCUT2D eigenvalue weighted by molar-refractivity contribution is 6.11. The van der Waals surface area contributed by atoms with Gasteiger partial charge in [0.15, 0.2) is 5.78 Å². The molecule has 0 unspecified atom stereocenters. The lowest BCUT2D eigenvalue weighted by molar-refractivity contribution is 0.103. The third kappa shape index (κ3) is 3.48. The van der Waals surface area contributed by atoms with Crippen molar-refractivity contribution in [3.8, 4) is 5.75 Å². The second-order valence-corrected chi connectivity index (χ2v) is 5.02. The smallest absolute Gasteiger partial charge is 0.197 e. The summed E-state index contributed by atoms with van der Waals surface area (Å²) in [5, 5.41) is 10.2. The molecule has 3 heteroatoms. The molecule has 2 rings (SSSR count). The summed E-state index contributed by atoms with van der Waals surface area (Å²) in [5.41, 5.74) is 2.82. The second kappa shape index (κ2) is 7.64. The zero-order chi connectivity index (χ0) is 15.4. The summed E-state index contributed by atoms with van der Waals surface area (Å²) in [6.45, 7) is 7.75. The maximum absolute atomic E-state index is 12.5. The van der Waals surface area contributed by atoms with E-state index in [0.717, 1.165) is 24.3 Å². The Balaban J connectivity index is 0.00000242. The highest BCUT2D eigenvalue weighted by atomic mass is 16.3. The summed E-state index contributed by atoms with van der Waals surface area (Å²) in [7, 11) is 0. The summed E-state index contributed by atoms with van der Waals surface area (Å²) < 4.78 is 0. The zero-order valence-electron chi connectivity index (χ0n) is 12.8. The molecule has 1 N–H and O–H groups in total. The number of anilines is 1. The number of benzene rings is 2. The van der Waals surface area contributed by atoms with Gasteiger partial charge in [-0.3, -0.25) is 4.79 Å². The van der Waals surface area contributed by atoms with Crippen molar-refractivity contribution in [3.63, 3.8) is 0 Å². The van der Waals surface area contributed by atoms with Crippen LogP contribution >= 0.6 is 0 Å². The quantitative estimate of drug-likeness (QED) is 0.831. The van der Waals surface area contributed by atoms with Gasteiger partial charge in [0.05, 0.1) is 5.56 Å². The van der Waals surface area contributed by atoms with Crippen LogP contribution in [0.1, 0.15) is 42.8 Å². The number of rotatable bonds is 5. The van der Waals surface area contributed by atoms with Crippen LogP contribution in [-0.2, 0) is 0 Å². The number of ketones is 1. The number of hydrogen-bond acceptors (Lipinski definition) is 3. The fourth-order valence-electron chi connectivity index (χ4n) is 2.47. The van der Waals surface area contributed by atoms with Gasteiger partial charge in [-0.15, -0.1) is 0 Å². The van der Waals surface area contributed by atoms with E-state index in [1.807, 2.05) is 31.2 Å². The molecule has 0 aromatic heterocycles. The first-order chi connectivity index (χ1) is 10.1. The normalized spacial score (nSPS) is 9.95. The molecule has 0 atom stereocenters. The van der Waals surface area contributed by atoms with E-state index in [-0.39, 0.29) is 19.0 Å². The molecule has 0 fully saturated rings. The van der Waals surface area contributed by atoms with Crippen LogP contribution in [0.15, 0.2) is 42.5 Å². The lowest BCUT2D eigenvalue weighted by Crippen LogP contribution is -2.21. The lowest BCUT2D eigenvalue weighted by Gasteiger charge is -2.21. The van der Waals surface area contributed by atoms with Gasteiger partial charge in [-0.1, -0.05) is 31.7 Å². The number of carbonyl (C=O) groups excluding carboxylic acids is 1. The summed E-state index contributed by atoms with van der Waals surface area (Å²) in [6.07, 6.45) is 0. The number of hydrogen-bond donors (Lipinski definition) is 1. The van der Waals surface area contributed by atoms with Crippen molar-refractivity contribution in [1.29, 1.82) is 0 Å². The van der Waals surface area contributed by atoms with Crippen LogP contribution in [0.4, 0.5) is 5.69 Å². The molecule has 2 aromatic rings. The van der Waals surface area contributed by atoms with Crippen LogP contribution < -0.4 is 4.90 Å². The van der Waals surface area contributed by atoms with Gasteiger partial charge >= 0.3 is 0 Å². The van der Waals surface area contributed by atoms with Gasteiger partial charge in [0, 0.05) is 30.4 Å². The molecule has 0 aliphatic carbocycles. The molecule has 0 amide bonds. The van der Waals surface area contributed by atoms with Crippen molar-refractivity contribution in [1.82, 2.24) is 0 Å². The van der Waals surface area contributed by atoms with Gasteiger partial charge in [0.25, 0.3) is 0 Å². The lowest BCUT2D eigenvalue weighted by atomic mass is 9.98. The molecule has 0 saturated carbocycles. The van der Waals surface area contributed by atoms with Crippen molar-refractivity contribution < 1.29 is 9.90 Å². The summed E-state index contributed by atoms with van der Waals surface area (Å²) in [5.74, 6) is -0.107. The fourth-order valence-corrected chi connectivity index (χ4v) is 2.47. The molecular formula is C19H25NO2. The Labute approximate surface area is 133 Å². The van der Waals surface area contributed by atoms with E-state index in [0.29, 0.717) is 11.1 Å². The van der Waals surface area contributed by atoms with Gasteiger partial charge in [-0.2, -0.15) is 0 Å². The number of nitrogens with zero attached hydrogens (tertiary/aromatic N) is 1. The van der Waals surface area contributed by atoms with E-state index >= 15 is 0 Å². The van der Waals surface area contributed by atoms with Gasteiger partial charge in [-0.05, 0) is 38.5 Å². The number of phenols is 1.